The predicted molar refractivity (Wildman–Crippen MR) is 110 cm³/mol. The van der Waals surface area contributed by atoms with Gasteiger partial charge in [0.15, 0.2) is 0 Å². The average molecular weight is 394 g/mol. The van der Waals surface area contributed by atoms with Crippen molar-refractivity contribution in [3.63, 3.8) is 0 Å². The van der Waals surface area contributed by atoms with Crippen LogP contribution in [0.1, 0.15) is 66.1 Å². The minimum Gasteiger partial charge on any atom is -0.349 e. The largest absolute Gasteiger partial charge is 0.349 e. The fourth-order valence-electron chi connectivity index (χ4n) is 5.41. The van der Waals surface area contributed by atoms with Gasteiger partial charge in [0.05, 0.1) is 12.4 Å². The summed E-state index contributed by atoms with van der Waals surface area (Å²) in [7, 11) is 0. The average Bonchev–Trinajstić information content (AvgIpc) is 3.36. The van der Waals surface area contributed by atoms with Gasteiger partial charge >= 0.3 is 0 Å². The van der Waals surface area contributed by atoms with Crippen molar-refractivity contribution in [3.05, 3.63) is 53.2 Å². The molecule has 4 heterocycles. The Morgan fingerprint density at radius 3 is 2.52 bits per heavy atom. The lowest BCUT2D eigenvalue weighted by Crippen LogP contribution is -2.43. The molecule has 2 bridgehead atoms. The van der Waals surface area contributed by atoms with Crippen LogP contribution in [-0.4, -0.2) is 45.9 Å². The van der Waals surface area contributed by atoms with E-state index in [9.17, 15) is 9.18 Å². The number of aromatic nitrogens is 2. The van der Waals surface area contributed by atoms with Gasteiger partial charge in [0.1, 0.15) is 17.3 Å². The van der Waals surface area contributed by atoms with Gasteiger partial charge in [-0.1, -0.05) is 12.1 Å². The molecule has 3 aliphatic heterocycles. The molecule has 3 saturated heterocycles. The van der Waals surface area contributed by atoms with Crippen LogP contribution in [0.4, 0.5) is 10.2 Å². The number of nitrogens with zero attached hydrogens (tertiary/aromatic N) is 4. The summed E-state index contributed by atoms with van der Waals surface area (Å²) in [5.74, 6) is 1.14. The van der Waals surface area contributed by atoms with Crippen LogP contribution in [0.25, 0.3) is 0 Å². The van der Waals surface area contributed by atoms with Crippen LogP contribution in [0.2, 0.25) is 0 Å². The summed E-state index contributed by atoms with van der Waals surface area (Å²) in [5.41, 5.74) is 2.42. The second kappa shape index (κ2) is 7.39. The standard InChI is InChI=1S/C23H27FN4O/c1-15-10-16(4-7-20(15)24)17-11-18-5-6-19(12-17)28(18)22-14-25-13-21(26-22)23(29)27-8-2-3-9-27/h4,7,10,13-14,17-19H,2-3,5-6,8-9,11-12H2,1H3/t17?,18-,19+. The third-order valence-corrected chi connectivity index (χ3v) is 6.89. The number of benzene rings is 1. The van der Waals surface area contributed by atoms with E-state index in [1.165, 1.54) is 5.56 Å². The van der Waals surface area contributed by atoms with Crippen LogP contribution >= 0.6 is 0 Å². The number of fused-ring (bicyclic) bond motifs is 2. The molecule has 3 aliphatic rings. The molecule has 5 nitrogen and oxygen atoms in total. The second-order valence-corrected chi connectivity index (χ2v) is 8.73. The normalized spacial score (nSPS) is 26.2. The van der Waals surface area contributed by atoms with Crippen LogP contribution in [0.3, 0.4) is 0 Å². The number of amides is 1. The molecule has 3 fully saturated rings. The molecule has 6 heteroatoms. The Morgan fingerprint density at radius 2 is 1.83 bits per heavy atom. The Hall–Kier alpha value is -2.50. The highest BCUT2D eigenvalue weighted by molar-refractivity contribution is 5.92. The maximum Gasteiger partial charge on any atom is 0.274 e. The van der Waals surface area contributed by atoms with Gasteiger partial charge in [-0.25, -0.2) is 9.37 Å². The zero-order valence-electron chi connectivity index (χ0n) is 16.9. The lowest BCUT2D eigenvalue weighted by atomic mass is 9.84. The fourth-order valence-corrected chi connectivity index (χ4v) is 5.41. The van der Waals surface area contributed by atoms with E-state index >= 15 is 0 Å². The summed E-state index contributed by atoms with van der Waals surface area (Å²) in [6, 6.07) is 6.34. The maximum absolute atomic E-state index is 13.7. The molecule has 0 radical (unpaired) electrons. The molecule has 0 N–H and O–H groups in total. The lowest BCUT2D eigenvalue weighted by Gasteiger charge is -2.40. The van der Waals surface area contributed by atoms with E-state index in [-0.39, 0.29) is 11.7 Å². The molecule has 0 saturated carbocycles. The van der Waals surface area contributed by atoms with E-state index in [1.807, 2.05) is 24.0 Å². The maximum atomic E-state index is 13.7. The molecular formula is C23H27FN4O. The van der Waals surface area contributed by atoms with Crippen molar-refractivity contribution in [2.75, 3.05) is 18.0 Å². The van der Waals surface area contributed by atoms with Crippen LogP contribution < -0.4 is 4.90 Å². The third kappa shape index (κ3) is 3.38. The van der Waals surface area contributed by atoms with Crippen molar-refractivity contribution in [1.29, 1.82) is 0 Å². The third-order valence-electron chi connectivity index (χ3n) is 6.89. The SMILES string of the molecule is Cc1cc(C2C[C@H]3CC[C@@H](C2)N3c2cncc(C(=O)N3CCCC3)n2)ccc1F. The van der Waals surface area contributed by atoms with E-state index in [2.05, 4.69) is 9.88 Å². The van der Waals surface area contributed by atoms with Crippen LogP contribution in [0, 0.1) is 12.7 Å². The van der Waals surface area contributed by atoms with E-state index in [1.54, 1.807) is 18.5 Å². The van der Waals surface area contributed by atoms with Crippen molar-refractivity contribution >= 4 is 11.7 Å². The smallest absolute Gasteiger partial charge is 0.274 e. The monoisotopic (exact) mass is 394 g/mol. The van der Waals surface area contributed by atoms with Gasteiger partial charge in [-0.15, -0.1) is 0 Å². The number of halogens is 1. The summed E-state index contributed by atoms with van der Waals surface area (Å²) >= 11 is 0. The molecule has 29 heavy (non-hydrogen) atoms. The molecular weight excluding hydrogens is 367 g/mol. The van der Waals surface area contributed by atoms with Crippen molar-refractivity contribution in [3.8, 4) is 0 Å². The quantitative estimate of drug-likeness (QED) is 0.787. The van der Waals surface area contributed by atoms with E-state index in [4.69, 9.17) is 4.98 Å². The second-order valence-electron chi connectivity index (χ2n) is 8.73. The Bertz CT molecular complexity index is 913. The number of carbonyl (C=O) groups excluding carboxylic acids is 1. The first-order valence-electron chi connectivity index (χ1n) is 10.8. The number of aryl methyl sites for hydroxylation is 1. The van der Waals surface area contributed by atoms with E-state index in [0.717, 1.165) is 63.0 Å². The van der Waals surface area contributed by atoms with Gasteiger partial charge in [0.25, 0.3) is 5.91 Å². The summed E-state index contributed by atoms with van der Waals surface area (Å²) < 4.78 is 13.7. The van der Waals surface area contributed by atoms with E-state index in [0.29, 0.717) is 23.7 Å². The molecule has 1 aromatic carbocycles. The molecule has 0 spiro atoms. The highest BCUT2D eigenvalue weighted by Gasteiger charge is 2.42. The molecule has 5 rings (SSSR count). The van der Waals surface area contributed by atoms with E-state index < -0.39 is 0 Å². The minimum atomic E-state index is -0.135. The molecule has 1 aromatic heterocycles. The van der Waals surface area contributed by atoms with Gasteiger partial charge in [0.2, 0.25) is 0 Å². The molecule has 0 aliphatic carbocycles. The molecule has 2 aromatic rings. The highest BCUT2D eigenvalue weighted by atomic mass is 19.1. The first-order valence-corrected chi connectivity index (χ1v) is 10.8. The zero-order valence-corrected chi connectivity index (χ0v) is 16.9. The number of anilines is 1. The zero-order chi connectivity index (χ0) is 20.0. The molecule has 3 atom stereocenters. The highest BCUT2D eigenvalue weighted by Crippen LogP contribution is 2.44. The summed E-state index contributed by atoms with van der Waals surface area (Å²) in [6.45, 7) is 3.47. The Kier molecular flexibility index (Phi) is 4.72. The van der Waals surface area contributed by atoms with Gasteiger partial charge in [0, 0.05) is 25.2 Å². The van der Waals surface area contributed by atoms with Crippen LogP contribution in [-0.2, 0) is 0 Å². The van der Waals surface area contributed by atoms with Crippen molar-refractivity contribution in [2.24, 2.45) is 0 Å². The number of carbonyl (C=O) groups is 1. The van der Waals surface area contributed by atoms with Gasteiger partial charge in [-0.05, 0) is 68.6 Å². The first kappa shape index (κ1) is 18.5. The fraction of sp³-hybridized carbons (Fsp3) is 0.522. The van der Waals surface area contributed by atoms with Gasteiger partial charge in [-0.3, -0.25) is 9.78 Å². The Balaban J connectivity index is 1.36. The number of likely N-dealkylation sites (tertiary alicyclic amines) is 1. The van der Waals surface area contributed by atoms with Gasteiger partial charge < -0.3 is 9.80 Å². The Morgan fingerprint density at radius 1 is 1.10 bits per heavy atom. The predicted octanol–water partition coefficient (Wildman–Crippen LogP) is 4.08. The van der Waals surface area contributed by atoms with Crippen LogP contribution in [0.15, 0.2) is 30.6 Å². The number of piperidine rings is 1. The van der Waals surface area contributed by atoms with Crippen molar-refractivity contribution in [2.45, 2.75) is 63.5 Å². The molecule has 1 unspecified atom stereocenters. The van der Waals surface area contributed by atoms with Gasteiger partial charge in [-0.2, -0.15) is 0 Å². The Labute approximate surface area is 171 Å². The van der Waals surface area contributed by atoms with Crippen molar-refractivity contribution < 1.29 is 9.18 Å². The molecule has 1 amide bonds. The lowest BCUT2D eigenvalue weighted by molar-refractivity contribution is 0.0786. The summed E-state index contributed by atoms with van der Waals surface area (Å²) in [6.07, 6.45) is 9.87. The summed E-state index contributed by atoms with van der Waals surface area (Å²) in [4.78, 5) is 26.1. The summed E-state index contributed by atoms with van der Waals surface area (Å²) in [5, 5.41) is 0. The first-order chi connectivity index (χ1) is 14.1. The minimum absolute atomic E-state index is 0.000806. The number of rotatable bonds is 3. The number of hydrogen-bond acceptors (Lipinski definition) is 4. The molecule has 152 valence electrons. The van der Waals surface area contributed by atoms with Crippen molar-refractivity contribution in [1.82, 2.24) is 14.9 Å². The topological polar surface area (TPSA) is 49.3 Å². The number of hydrogen-bond donors (Lipinski definition) is 0. The van der Waals surface area contributed by atoms with Crippen LogP contribution in [0.5, 0.6) is 0 Å².